The molecule has 3 heterocycles. The summed E-state index contributed by atoms with van der Waals surface area (Å²) in [6, 6.07) is 3.16. The van der Waals surface area contributed by atoms with Gasteiger partial charge in [-0.2, -0.15) is 4.31 Å². The van der Waals surface area contributed by atoms with Crippen molar-refractivity contribution >= 4 is 39.1 Å². The highest BCUT2D eigenvalue weighted by Gasteiger charge is 2.37. The van der Waals surface area contributed by atoms with Gasteiger partial charge in [0.2, 0.25) is 5.91 Å². The number of hydrogen-bond acceptors (Lipinski definition) is 7. The molecule has 12 heteroatoms. The van der Waals surface area contributed by atoms with Crippen LogP contribution in [0.2, 0.25) is 0 Å². The number of carbonyl (C=O) groups excluding carboxylic acids is 3. The molecule has 0 spiro atoms. The molecule has 160 valence electrons. The van der Waals surface area contributed by atoms with Gasteiger partial charge in [-0.25, -0.2) is 8.42 Å². The van der Waals surface area contributed by atoms with Crippen LogP contribution in [0.5, 0.6) is 0 Å². The van der Waals surface area contributed by atoms with Crippen LogP contribution in [0.3, 0.4) is 0 Å². The van der Waals surface area contributed by atoms with Gasteiger partial charge in [0.1, 0.15) is 10.4 Å². The van der Waals surface area contributed by atoms with Gasteiger partial charge >= 0.3 is 11.8 Å². The second kappa shape index (κ2) is 9.65. The maximum absolute atomic E-state index is 12.6. The summed E-state index contributed by atoms with van der Waals surface area (Å²) in [6.45, 7) is 1.83. The van der Waals surface area contributed by atoms with Crippen molar-refractivity contribution in [2.24, 2.45) is 0 Å². The SMILES string of the molecule is O=C(NCCCN1CCCC1=O)C(=O)NC[C@H]1OCCN1S(=O)(=O)c1cccs1. The van der Waals surface area contributed by atoms with E-state index in [-0.39, 0.29) is 36.4 Å². The normalized spacial score (nSPS) is 20.2. The molecule has 29 heavy (non-hydrogen) atoms. The molecule has 0 aromatic carbocycles. The fourth-order valence-electron chi connectivity index (χ4n) is 3.22. The molecule has 1 aromatic heterocycles. The third-order valence-corrected chi connectivity index (χ3v) is 7.97. The predicted molar refractivity (Wildman–Crippen MR) is 104 cm³/mol. The van der Waals surface area contributed by atoms with Gasteiger partial charge in [-0.05, 0) is 24.3 Å². The zero-order valence-electron chi connectivity index (χ0n) is 15.8. The molecule has 3 amide bonds. The summed E-state index contributed by atoms with van der Waals surface area (Å²) in [5.41, 5.74) is 0. The molecule has 0 aliphatic carbocycles. The van der Waals surface area contributed by atoms with Gasteiger partial charge in [0, 0.05) is 32.6 Å². The highest BCUT2D eigenvalue weighted by molar-refractivity contribution is 7.91. The Balaban J connectivity index is 1.41. The van der Waals surface area contributed by atoms with E-state index in [2.05, 4.69) is 10.6 Å². The summed E-state index contributed by atoms with van der Waals surface area (Å²) in [7, 11) is -3.70. The van der Waals surface area contributed by atoms with E-state index in [4.69, 9.17) is 4.74 Å². The molecule has 1 atom stereocenters. The molecule has 10 nitrogen and oxygen atoms in total. The Morgan fingerprint density at radius 1 is 1.24 bits per heavy atom. The van der Waals surface area contributed by atoms with Gasteiger partial charge in [0.05, 0.1) is 13.2 Å². The lowest BCUT2D eigenvalue weighted by atomic mass is 10.3. The monoisotopic (exact) mass is 444 g/mol. The minimum Gasteiger partial charge on any atom is -0.359 e. The van der Waals surface area contributed by atoms with Gasteiger partial charge in [0.15, 0.2) is 0 Å². The largest absolute Gasteiger partial charge is 0.359 e. The lowest BCUT2D eigenvalue weighted by Gasteiger charge is -2.22. The minimum absolute atomic E-state index is 0.118. The Kier molecular flexibility index (Phi) is 7.22. The second-order valence-corrected chi connectivity index (χ2v) is 9.74. The molecular formula is C17H24N4O6S2. The third kappa shape index (κ3) is 5.32. The lowest BCUT2D eigenvalue weighted by Crippen LogP contribution is -2.47. The van der Waals surface area contributed by atoms with Crippen molar-refractivity contribution in [2.45, 2.75) is 29.7 Å². The van der Waals surface area contributed by atoms with Gasteiger partial charge in [-0.1, -0.05) is 6.07 Å². The quantitative estimate of drug-likeness (QED) is 0.405. The Hall–Kier alpha value is -2.02. The van der Waals surface area contributed by atoms with Crippen molar-refractivity contribution in [2.75, 3.05) is 39.3 Å². The topological polar surface area (TPSA) is 125 Å². The highest BCUT2D eigenvalue weighted by Crippen LogP contribution is 2.25. The number of sulfonamides is 1. The molecule has 3 rings (SSSR count). The molecular weight excluding hydrogens is 420 g/mol. The zero-order valence-corrected chi connectivity index (χ0v) is 17.5. The van der Waals surface area contributed by atoms with Gasteiger partial charge < -0.3 is 20.3 Å². The smallest absolute Gasteiger partial charge is 0.309 e. The van der Waals surface area contributed by atoms with E-state index in [1.165, 1.54) is 10.4 Å². The highest BCUT2D eigenvalue weighted by atomic mass is 32.2. The van der Waals surface area contributed by atoms with E-state index >= 15 is 0 Å². The summed E-state index contributed by atoms with van der Waals surface area (Å²) in [5, 5.41) is 6.59. The standard InChI is InChI=1S/C17H24N4O6S2/c22-13-4-1-7-20(13)8-3-6-18-16(23)17(24)19-12-14-21(9-10-27-14)29(25,26)15-5-2-11-28-15/h2,5,11,14H,1,3-4,6-10,12H2,(H,18,23)(H,19,24)/t14-/m1/s1. The molecule has 2 N–H and O–H groups in total. The third-order valence-electron chi connectivity index (χ3n) is 4.71. The number of likely N-dealkylation sites (tertiary alicyclic amines) is 1. The Labute approximate surface area is 173 Å². The fraction of sp³-hybridized carbons (Fsp3) is 0.588. The summed E-state index contributed by atoms with van der Waals surface area (Å²) >= 11 is 1.11. The van der Waals surface area contributed by atoms with Crippen LogP contribution in [-0.2, 0) is 29.1 Å². The number of nitrogens with one attached hydrogen (secondary N) is 2. The Morgan fingerprint density at radius 3 is 2.72 bits per heavy atom. The molecule has 2 aliphatic rings. The van der Waals surface area contributed by atoms with Gasteiger partial charge in [0.25, 0.3) is 10.0 Å². The lowest BCUT2D eigenvalue weighted by molar-refractivity contribution is -0.139. The summed E-state index contributed by atoms with van der Waals surface area (Å²) < 4.78 is 32.1. The van der Waals surface area contributed by atoms with E-state index in [1.54, 1.807) is 16.3 Å². The van der Waals surface area contributed by atoms with E-state index in [1.807, 2.05) is 0 Å². The Morgan fingerprint density at radius 2 is 2.03 bits per heavy atom. The number of hydrogen-bond donors (Lipinski definition) is 2. The number of carbonyl (C=O) groups is 3. The van der Waals surface area contributed by atoms with Crippen LogP contribution in [0.4, 0.5) is 0 Å². The molecule has 2 aliphatic heterocycles. The number of thiophene rings is 1. The van der Waals surface area contributed by atoms with Crippen molar-refractivity contribution in [3.05, 3.63) is 17.5 Å². The number of amides is 3. The van der Waals surface area contributed by atoms with E-state index in [9.17, 15) is 22.8 Å². The van der Waals surface area contributed by atoms with Crippen LogP contribution < -0.4 is 10.6 Å². The van der Waals surface area contributed by atoms with Crippen molar-refractivity contribution in [1.29, 1.82) is 0 Å². The fourth-order valence-corrected chi connectivity index (χ4v) is 5.85. The van der Waals surface area contributed by atoms with Crippen LogP contribution in [0, 0.1) is 0 Å². The summed E-state index contributed by atoms with van der Waals surface area (Å²) in [6.07, 6.45) is 1.12. The first-order valence-electron chi connectivity index (χ1n) is 9.40. The van der Waals surface area contributed by atoms with Crippen LogP contribution in [0.25, 0.3) is 0 Å². The van der Waals surface area contributed by atoms with E-state index in [0.29, 0.717) is 19.4 Å². The minimum atomic E-state index is -3.70. The molecule has 0 radical (unpaired) electrons. The average Bonchev–Trinajstić information content (AvgIpc) is 3.45. The predicted octanol–water partition coefficient (Wildman–Crippen LogP) is -0.660. The molecule has 0 bridgehead atoms. The molecule has 1 aromatic rings. The van der Waals surface area contributed by atoms with Gasteiger partial charge in [-0.15, -0.1) is 11.3 Å². The van der Waals surface area contributed by atoms with Crippen LogP contribution in [0.1, 0.15) is 19.3 Å². The van der Waals surface area contributed by atoms with Crippen molar-refractivity contribution in [3.8, 4) is 0 Å². The van der Waals surface area contributed by atoms with Crippen LogP contribution in [-0.4, -0.2) is 80.9 Å². The summed E-state index contributed by atoms with van der Waals surface area (Å²) in [4.78, 5) is 37.1. The van der Waals surface area contributed by atoms with Crippen molar-refractivity contribution in [3.63, 3.8) is 0 Å². The van der Waals surface area contributed by atoms with Crippen molar-refractivity contribution in [1.82, 2.24) is 19.8 Å². The van der Waals surface area contributed by atoms with Crippen LogP contribution in [0.15, 0.2) is 21.7 Å². The number of ether oxygens (including phenoxy) is 1. The van der Waals surface area contributed by atoms with Crippen molar-refractivity contribution < 1.29 is 27.5 Å². The first kappa shape index (κ1) is 21.7. The summed E-state index contributed by atoms with van der Waals surface area (Å²) in [5.74, 6) is -1.54. The number of nitrogens with zero attached hydrogens (tertiary/aromatic N) is 2. The first-order valence-corrected chi connectivity index (χ1v) is 11.7. The average molecular weight is 445 g/mol. The molecule has 0 saturated carbocycles. The number of rotatable bonds is 8. The molecule has 2 fully saturated rings. The first-order chi connectivity index (χ1) is 13.9. The van der Waals surface area contributed by atoms with Crippen LogP contribution >= 0.6 is 11.3 Å². The molecule has 2 saturated heterocycles. The zero-order chi connectivity index (χ0) is 20.9. The second-order valence-electron chi connectivity index (χ2n) is 6.68. The van der Waals surface area contributed by atoms with E-state index in [0.717, 1.165) is 24.3 Å². The van der Waals surface area contributed by atoms with E-state index < -0.39 is 28.1 Å². The maximum Gasteiger partial charge on any atom is 0.309 e. The van der Waals surface area contributed by atoms with Gasteiger partial charge in [-0.3, -0.25) is 14.4 Å². The maximum atomic E-state index is 12.6. The molecule has 0 unspecified atom stereocenters. The Bertz CT molecular complexity index is 842.